The van der Waals surface area contributed by atoms with Crippen LogP contribution in [0.25, 0.3) is 0 Å². The lowest BCUT2D eigenvalue weighted by Crippen LogP contribution is -2.08. The van der Waals surface area contributed by atoms with E-state index in [4.69, 9.17) is 9.84 Å². The van der Waals surface area contributed by atoms with E-state index in [0.717, 1.165) is 18.3 Å². The number of hydrogen-bond donors (Lipinski definition) is 1. The molecule has 1 N–H and O–H groups in total. The maximum Gasteiger partial charge on any atom is 0.419 e. The molecule has 1 aromatic heterocycles. The molecule has 2 aromatic rings. The second-order valence-electron chi connectivity index (χ2n) is 4.22. The zero-order valence-corrected chi connectivity index (χ0v) is 10.8. The number of rotatable bonds is 3. The van der Waals surface area contributed by atoms with Crippen molar-refractivity contribution < 1.29 is 27.8 Å². The highest BCUT2D eigenvalue weighted by Gasteiger charge is 2.34. The van der Waals surface area contributed by atoms with Crippen molar-refractivity contribution in [2.45, 2.75) is 13.1 Å². The molecule has 7 heteroatoms. The molecule has 2 rings (SSSR count). The van der Waals surface area contributed by atoms with Gasteiger partial charge in [0.05, 0.1) is 5.56 Å². The van der Waals surface area contributed by atoms with Crippen LogP contribution in [0.15, 0.2) is 36.5 Å². The van der Waals surface area contributed by atoms with E-state index in [2.05, 4.69) is 4.98 Å². The van der Waals surface area contributed by atoms with Gasteiger partial charge in [-0.05, 0) is 19.1 Å². The van der Waals surface area contributed by atoms with Crippen molar-refractivity contribution in [3.63, 3.8) is 0 Å². The number of aromatic carboxylic acids is 1. The average Bonchev–Trinajstić information content (AvgIpc) is 2.37. The first-order valence-corrected chi connectivity index (χ1v) is 5.83. The molecule has 0 amide bonds. The summed E-state index contributed by atoms with van der Waals surface area (Å²) in [5, 5.41) is 9.02. The Hall–Kier alpha value is -2.57. The van der Waals surface area contributed by atoms with Gasteiger partial charge < -0.3 is 9.84 Å². The third-order valence-electron chi connectivity index (χ3n) is 2.65. The zero-order valence-electron chi connectivity index (χ0n) is 10.8. The molecule has 1 heterocycles. The summed E-state index contributed by atoms with van der Waals surface area (Å²) in [6.45, 7) is 1.58. The van der Waals surface area contributed by atoms with E-state index in [-0.39, 0.29) is 11.3 Å². The molecular weight excluding hydrogens is 287 g/mol. The van der Waals surface area contributed by atoms with Crippen LogP contribution in [-0.4, -0.2) is 16.1 Å². The molecule has 0 fully saturated rings. The Kier molecular flexibility index (Phi) is 3.84. The van der Waals surface area contributed by atoms with Crippen molar-refractivity contribution in [3.05, 3.63) is 53.3 Å². The van der Waals surface area contributed by atoms with Gasteiger partial charge in [0.2, 0.25) is 0 Å². The summed E-state index contributed by atoms with van der Waals surface area (Å²) in [6, 6.07) is 5.87. The molecule has 0 spiro atoms. The van der Waals surface area contributed by atoms with Gasteiger partial charge in [-0.1, -0.05) is 12.1 Å². The number of hydrogen-bond acceptors (Lipinski definition) is 3. The van der Waals surface area contributed by atoms with Gasteiger partial charge >= 0.3 is 12.1 Å². The Balaban J connectivity index is 2.49. The van der Waals surface area contributed by atoms with Gasteiger partial charge in [-0.3, -0.25) is 4.98 Å². The second kappa shape index (κ2) is 5.43. The molecule has 0 radical (unpaired) electrons. The molecule has 1 aromatic carbocycles. The molecule has 110 valence electrons. The minimum Gasteiger partial charge on any atom is -0.477 e. The molecule has 4 nitrogen and oxygen atoms in total. The minimum atomic E-state index is -4.60. The number of aryl methyl sites for hydroxylation is 1. The molecule has 0 saturated heterocycles. The first-order valence-electron chi connectivity index (χ1n) is 5.83. The van der Waals surface area contributed by atoms with Crippen LogP contribution in [0.4, 0.5) is 13.2 Å². The van der Waals surface area contributed by atoms with E-state index in [0.29, 0.717) is 5.69 Å². The van der Waals surface area contributed by atoms with Gasteiger partial charge in [-0.25, -0.2) is 4.79 Å². The number of alkyl halides is 3. The first-order chi connectivity index (χ1) is 9.79. The quantitative estimate of drug-likeness (QED) is 0.933. The Morgan fingerprint density at radius 3 is 2.52 bits per heavy atom. The predicted octanol–water partition coefficient (Wildman–Crippen LogP) is 3.90. The number of carboxylic acid groups (broad SMARTS) is 1. The number of ether oxygens (including phenoxy) is 1. The fraction of sp³-hybridized carbons (Fsp3) is 0.143. The van der Waals surface area contributed by atoms with Crippen LogP contribution in [-0.2, 0) is 6.18 Å². The minimum absolute atomic E-state index is 0.188. The van der Waals surface area contributed by atoms with E-state index in [1.807, 2.05) is 0 Å². The molecule has 0 unspecified atom stereocenters. The van der Waals surface area contributed by atoms with Crippen molar-refractivity contribution in [3.8, 4) is 11.5 Å². The summed E-state index contributed by atoms with van der Waals surface area (Å²) in [4.78, 5) is 14.9. The van der Waals surface area contributed by atoms with Crippen LogP contribution in [0.2, 0.25) is 0 Å². The lowest BCUT2D eigenvalue weighted by molar-refractivity contribution is -0.138. The van der Waals surface area contributed by atoms with Crippen molar-refractivity contribution in [1.29, 1.82) is 0 Å². The van der Waals surface area contributed by atoms with Crippen LogP contribution in [0.1, 0.15) is 21.6 Å². The van der Waals surface area contributed by atoms with Crippen LogP contribution < -0.4 is 4.74 Å². The number of nitrogens with zero attached hydrogens (tertiary/aromatic N) is 1. The zero-order chi connectivity index (χ0) is 15.6. The van der Waals surface area contributed by atoms with E-state index in [9.17, 15) is 18.0 Å². The van der Waals surface area contributed by atoms with Crippen LogP contribution >= 0.6 is 0 Å². The van der Waals surface area contributed by atoms with Gasteiger partial charge in [0.1, 0.15) is 17.1 Å². The van der Waals surface area contributed by atoms with Crippen molar-refractivity contribution in [1.82, 2.24) is 4.98 Å². The number of para-hydroxylation sites is 1. The van der Waals surface area contributed by atoms with E-state index >= 15 is 0 Å². The summed E-state index contributed by atoms with van der Waals surface area (Å²) < 4.78 is 43.8. The van der Waals surface area contributed by atoms with Gasteiger partial charge in [-0.15, -0.1) is 0 Å². The Bertz CT molecular complexity index is 683. The summed E-state index contributed by atoms with van der Waals surface area (Å²) in [5.41, 5.74) is -0.854. The second-order valence-corrected chi connectivity index (χ2v) is 4.22. The van der Waals surface area contributed by atoms with Crippen LogP contribution in [0.5, 0.6) is 11.5 Å². The predicted molar refractivity (Wildman–Crippen MR) is 67.5 cm³/mol. The van der Waals surface area contributed by atoms with Gasteiger partial charge in [-0.2, -0.15) is 13.2 Å². The van der Waals surface area contributed by atoms with E-state index < -0.39 is 23.5 Å². The molecule has 0 saturated carbocycles. The lowest BCUT2D eigenvalue weighted by atomic mass is 10.2. The number of pyridine rings is 1. The number of carbonyl (C=O) groups is 1. The Morgan fingerprint density at radius 1 is 1.24 bits per heavy atom. The van der Waals surface area contributed by atoms with Gasteiger partial charge in [0.25, 0.3) is 0 Å². The normalized spacial score (nSPS) is 11.2. The number of halogens is 3. The topological polar surface area (TPSA) is 59.4 Å². The highest BCUT2D eigenvalue weighted by molar-refractivity contribution is 5.90. The van der Waals surface area contributed by atoms with Gasteiger partial charge in [0.15, 0.2) is 0 Å². The molecule has 21 heavy (non-hydrogen) atoms. The highest BCUT2D eigenvalue weighted by Crippen LogP contribution is 2.38. The lowest BCUT2D eigenvalue weighted by Gasteiger charge is -2.14. The Morgan fingerprint density at radius 2 is 1.90 bits per heavy atom. The largest absolute Gasteiger partial charge is 0.477 e. The number of aromatic nitrogens is 1. The monoisotopic (exact) mass is 297 g/mol. The summed E-state index contributed by atoms with van der Waals surface area (Å²) in [7, 11) is 0. The number of carboxylic acids is 1. The van der Waals surface area contributed by atoms with Crippen molar-refractivity contribution in [2.75, 3.05) is 0 Å². The molecule has 0 bridgehead atoms. The highest BCUT2D eigenvalue weighted by atomic mass is 19.4. The maximum absolute atomic E-state index is 12.9. The van der Waals surface area contributed by atoms with Crippen molar-refractivity contribution >= 4 is 5.97 Å². The summed E-state index contributed by atoms with van der Waals surface area (Å²) in [5.74, 6) is -1.98. The molecule has 0 aliphatic heterocycles. The van der Waals surface area contributed by atoms with Gasteiger partial charge in [0, 0.05) is 18.0 Å². The van der Waals surface area contributed by atoms with E-state index in [1.54, 1.807) is 6.92 Å². The van der Waals surface area contributed by atoms with Crippen LogP contribution in [0, 0.1) is 6.92 Å². The average molecular weight is 297 g/mol. The Labute approximate surface area is 117 Å². The molecule has 0 aliphatic rings. The van der Waals surface area contributed by atoms with Crippen LogP contribution in [0.3, 0.4) is 0 Å². The first kappa shape index (κ1) is 14.8. The maximum atomic E-state index is 12.9. The number of benzene rings is 1. The van der Waals surface area contributed by atoms with E-state index in [1.165, 1.54) is 18.2 Å². The summed E-state index contributed by atoms with van der Waals surface area (Å²) in [6.07, 6.45) is -3.55. The molecule has 0 aliphatic carbocycles. The molecule has 0 atom stereocenters. The van der Waals surface area contributed by atoms with Crippen molar-refractivity contribution in [2.24, 2.45) is 0 Å². The fourth-order valence-electron chi connectivity index (χ4n) is 1.69. The molecular formula is C14H10F3NO3. The SMILES string of the molecule is Cc1cc(Oc2ccccc2C(F)(F)F)c(C(=O)O)cn1. The fourth-order valence-corrected chi connectivity index (χ4v) is 1.69. The smallest absolute Gasteiger partial charge is 0.419 e. The summed E-state index contributed by atoms with van der Waals surface area (Å²) >= 11 is 0. The third-order valence-corrected chi connectivity index (χ3v) is 2.65. The standard InChI is InChI=1S/C14H10F3NO3/c1-8-6-12(9(7-18-8)13(19)20)21-11-5-3-2-4-10(11)14(15,16)17/h2-7H,1H3,(H,19,20). The third kappa shape index (κ3) is 3.31.